The molecule has 3 rings (SSSR count). The molecule has 1 aliphatic heterocycles. The number of ether oxygens (including phenoxy) is 1. The van der Waals surface area contributed by atoms with Crippen molar-refractivity contribution in [2.45, 2.75) is 50.7 Å². The lowest BCUT2D eigenvalue weighted by Gasteiger charge is -2.40. The van der Waals surface area contributed by atoms with Crippen molar-refractivity contribution in [1.82, 2.24) is 15.5 Å². The van der Waals surface area contributed by atoms with Crippen LogP contribution in [0.4, 0.5) is 0 Å². The molecular weight excluding hydrogens is 455 g/mol. The van der Waals surface area contributed by atoms with Crippen molar-refractivity contribution in [3.05, 3.63) is 29.8 Å². The number of para-hydroxylation sites is 1. The molecule has 1 unspecified atom stereocenters. The molecule has 0 aromatic heterocycles. The van der Waals surface area contributed by atoms with Crippen LogP contribution < -0.4 is 15.4 Å². The van der Waals surface area contributed by atoms with Crippen LogP contribution in [0.25, 0.3) is 0 Å². The molecular formula is C20H31IN4O2. The molecule has 1 aromatic rings. The Kier molecular flexibility index (Phi) is 7.76. The summed E-state index contributed by atoms with van der Waals surface area (Å²) in [6.07, 6.45) is 5.58. The van der Waals surface area contributed by atoms with E-state index in [1.807, 2.05) is 19.1 Å². The summed E-state index contributed by atoms with van der Waals surface area (Å²) in [5, 5.41) is 6.81. The minimum absolute atomic E-state index is 0. The van der Waals surface area contributed by atoms with Gasteiger partial charge in [0.15, 0.2) is 5.96 Å². The minimum atomic E-state index is -0.0667. The number of aliphatic imine (C=N–C) groups is 1. The summed E-state index contributed by atoms with van der Waals surface area (Å²) in [6.45, 7) is 2.91. The van der Waals surface area contributed by atoms with Crippen molar-refractivity contribution in [2.24, 2.45) is 4.99 Å². The number of halogens is 1. The quantitative estimate of drug-likeness (QED) is 0.390. The van der Waals surface area contributed by atoms with Crippen LogP contribution >= 0.6 is 24.0 Å². The van der Waals surface area contributed by atoms with Gasteiger partial charge in [-0.1, -0.05) is 18.2 Å². The standard InChI is InChI=1S/C20H30N4O2.HI/c1-4-21-19(22-14-18(25)24(2)3)23-16-13-20(11-7-8-12-20)26-17-10-6-5-9-15(16)17;/h5-6,9-10,16H,4,7-8,11-14H2,1-3H3,(H2,21,22,23);1H. The van der Waals surface area contributed by atoms with E-state index in [2.05, 4.69) is 27.8 Å². The number of fused-ring (bicyclic) bond motifs is 1. The largest absolute Gasteiger partial charge is 0.487 e. The number of hydrogen-bond acceptors (Lipinski definition) is 3. The highest BCUT2D eigenvalue weighted by Crippen LogP contribution is 2.46. The molecule has 1 atom stereocenters. The Morgan fingerprint density at radius 2 is 2.00 bits per heavy atom. The number of nitrogens with zero attached hydrogens (tertiary/aromatic N) is 2. The molecule has 1 amide bonds. The van der Waals surface area contributed by atoms with Crippen LogP contribution in [-0.4, -0.2) is 49.6 Å². The highest BCUT2D eigenvalue weighted by molar-refractivity contribution is 14.0. The summed E-state index contributed by atoms with van der Waals surface area (Å²) >= 11 is 0. The Balaban J connectivity index is 0.00000261. The van der Waals surface area contributed by atoms with E-state index >= 15 is 0 Å². The molecule has 0 radical (unpaired) electrons. The topological polar surface area (TPSA) is 66.0 Å². The van der Waals surface area contributed by atoms with E-state index in [0.717, 1.165) is 37.1 Å². The third kappa shape index (κ3) is 5.27. The van der Waals surface area contributed by atoms with Crippen molar-refractivity contribution >= 4 is 35.8 Å². The molecule has 0 saturated heterocycles. The van der Waals surface area contributed by atoms with E-state index in [1.165, 1.54) is 12.8 Å². The molecule has 7 heteroatoms. The predicted molar refractivity (Wildman–Crippen MR) is 119 cm³/mol. The van der Waals surface area contributed by atoms with E-state index in [4.69, 9.17) is 4.74 Å². The minimum Gasteiger partial charge on any atom is -0.487 e. The highest BCUT2D eigenvalue weighted by atomic mass is 127. The van der Waals surface area contributed by atoms with Gasteiger partial charge in [-0.05, 0) is 38.7 Å². The Morgan fingerprint density at radius 1 is 1.30 bits per heavy atom. The number of hydrogen-bond donors (Lipinski definition) is 2. The number of amides is 1. The van der Waals surface area contributed by atoms with E-state index in [0.29, 0.717) is 5.96 Å². The van der Waals surface area contributed by atoms with Gasteiger partial charge in [-0.15, -0.1) is 24.0 Å². The van der Waals surface area contributed by atoms with Crippen LogP contribution in [-0.2, 0) is 4.79 Å². The number of nitrogens with one attached hydrogen (secondary N) is 2. The second-order valence-corrected chi connectivity index (χ2v) is 7.41. The number of guanidine groups is 1. The van der Waals surface area contributed by atoms with Crippen molar-refractivity contribution < 1.29 is 9.53 Å². The maximum absolute atomic E-state index is 11.9. The van der Waals surface area contributed by atoms with Gasteiger partial charge in [0.2, 0.25) is 5.91 Å². The summed E-state index contributed by atoms with van der Waals surface area (Å²) < 4.78 is 6.42. The van der Waals surface area contributed by atoms with Crippen LogP contribution in [0.1, 0.15) is 50.6 Å². The van der Waals surface area contributed by atoms with Gasteiger partial charge >= 0.3 is 0 Å². The van der Waals surface area contributed by atoms with Crippen LogP contribution in [0.5, 0.6) is 5.75 Å². The average molecular weight is 486 g/mol. The Labute approximate surface area is 179 Å². The van der Waals surface area contributed by atoms with Crippen molar-refractivity contribution in [1.29, 1.82) is 0 Å². The lowest BCUT2D eigenvalue weighted by atomic mass is 9.86. The van der Waals surface area contributed by atoms with Crippen molar-refractivity contribution in [2.75, 3.05) is 27.2 Å². The smallest absolute Gasteiger partial charge is 0.243 e. The maximum Gasteiger partial charge on any atom is 0.243 e. The van der Waals surface area contributed by atoms with E-state index in [1.54, 1.807) is 19.0 Å². The summed E-state index contributed by atoms with van der Waals surface area (Å²) in [4.78, 5) is 17.9. The number of carbonyl (C=O) groups excluding carboxylic acids is 1. The number of likely N-dealkylation sites (N-methyl/N-ethyl adjacent to an activating group) is 1. The van der Waals surface area contributed by atoms with Crippen LogP contribution in [0, 0.1) is 0 Å². The Morgan fingerprint density at radius 3 is 2.67 bits per heavy atom. The lowest BCUT2D eigenvalue weighted by molar-refractivity contribution is -0.127. The molecule has 2 N–H and O–H groups in total. The number of carbonyl (C=O) groups is 1. The zero-order valence-electron chi connectivity index (χ0n) is 16.5. The Bertz CT molecular complexity index is 672. The van der Waals surface area contributed by atoms with E-state index in [-0.39, 0.29) is 48.1 Å². The van der Waals surface area contributed by atoms with Crippen molar-refractivity contribution in [3.63, 3.8) is 0 Å². The molecule has 150 valence electrons. The summed E-state index contributed by atoms with van der Waals surface area (Å²) in [5.74, 6) is 1.64. The average Bonchev–Trinajstić information content (AvgIpc) is 3.06. The fourth-order valence-electron chi connectivity index (χ4n) is 3.85. The second kappa shape index (κ2) is 9.61. The van der Waals surface area contributed by atoms with Crippen LogP contribution in [0.2, 0.25) is 0 Å². The molecule has 1 fully saturated rings. The molecule has 1 heterocycles. The first-order valence-electron chi connectivity index (χ1n) is 9.56. The van der Waals surface area contributed by atoms with Crippen molar-refractivity contribution in [3.8, 4) is 5.75 Å². The van der Waals surface area contributed by atoms with E-state index in [9.17, 15) is 4.79 Å². The van der Waals surface area contributed by atoms with Gasteiger partial charge in [0.25, 0.3) is 0 Å². The van der Waals surface area contributed by atoms with Gasteiger partial charge in [-0.2, -0.15) is 0 Å². The molecule has 1 aromatic carbocycles. The third-order valence-electron chi connectivity index (χ3n) is 5.24. The maximum atomic E-state index is 11.9. The highest BCUT2D eigenvalue weighted by Gasteiger charge is 2.43. The molecule has 1 spiro atoms. The van der Waals surface area contributed by atoms with Gasteiger partial charge in [-0.25, -0.2) is 4.99 Å². The van der Waals surface area contributed by atoms with Crippen LogP contribution in [0.15, 0.2) is 29.3 Å². The summed E-state index contributed by atoms with van der Waals surface area (Å²) in [7, 11) is 3.49. The normalized spacial score (nSPS) is 20.3. The van der Waals surface area contributed by atoms with Crippen LogP contribution in [0.3, 0.4) is 0 Å². The fraction of sp³-hybridized carbons (Fsp3) is 0.600. The number of rotatable bonds is 4. The molecule has 1 aliphatic carbocycles. The SMILES string of the molecule is CCNC(=NCC(=O)N(C)C)NC1CC2(CCCC2)Oc2ccccc21.I. The van der Waals surface area contributed by atoms with E-state index < -0.39 is 0 Å². The first kappa shape index (κ1) is 21.8. The zero-order chi connectivity index (χ0) is 18.6. The monoisotopic (exact) mass is 486 g/mol. The molecule has 27 heavy (non-hydrogen) atoms. The zero-order valence-corrected chi connectivity index (χ0v) is 18.8. The molecule has 6 nitrogen and oxygen atoms in total. The fourth-order valence-corrected chi connectivity index (χ4v) is 3.85. The van der Waals surface area contributed by atoms with Gasteiger partial charge in [0.1, 0.15) is 17.9 Å². The van der Waals surface area contributed by atoms with Gasteiger partial charge in [0, 0.05) is 32.6 Å². The van der Waals surface area contributed by atoms with Gasteiger partial charge < -0.3 is 20.3 Å². The number of benzene rings is 1. The second-order valence-electron chi connectivity index (χ2n) is 7.41. The van der Waals surface area contributed by atoms with Gasteiger partial charge in [0.05, 0.1) is 6.04 Å². The molecule has 1 saturated carbocycles. The first-order chi connectivity index (χ1) is 12.5. The molecule has 0 bridgehead atoms. The Hall–Kier alpha value is -1.51. The molecule has 2 aliphatic rings. The van der Waals surface area contributed by atoms with Gasteiger partial charge in [-0.3, -0.25) is 4.79 Å². The first-order valence-corrected chi connectivity index (χ1v) is 9.56. The lowest BCUT2D eigenvalue weighted by Crippen LogP contribution is -2.47. The summed E-state index contributed by atoms with van der Waals surface area (Å²) in [5.41, 5.74) is 1.09. The predicted octanol–water partition coefficient (Wildman–Crippen LogP) is 3.08. The summed E-state index contributed by atoms with van der Waals surface area (Å²) in [6, 6.07) is 8.37. The third-order valence-corrected chi connectivity index (χ3v) is 5.24.